The minimum absolute atomic E-state index is 0.0615. The summed E-state index contributed by atoms with van der Waals surface area (Å²) < 4.78 is 36.2. The van der Waals surface area contributed by atoms with E-state index in [0.29, 0.717) is 46.4 Å². The fourth-order valence-corrected chi connectivity index (χ4v) is 3.50. The predicted octanol–water partition coefficient (Wildman–Crippen LogP) is 5.81. The second-order valence-corrected chi connectivity index (χ2v) is 7.52. The third-order valence-corrected chi connectivity index (χ3v) is 5.25. The van der Waals surface area contributed by atoms with Gasteiger partial charge in [0.05, 0.1) is 27.9 Å². The zero-order valence-electron chi connectivity index (χ0n) is 20.6. The van der Waals surface area contributed by atoms with Crippen LogP contribution in [0.2, 0.25) is 0 Å². The Labute approximate surface area is 209 Å². The second-order valence-electron chi connectivity index (χ2n) is 7.52. The summed E-state index contributed by atoms with van der Waals surface area (Å²) in [4.78, 5) is 12.5. The molecule has 0 saturated heterocycles. The highest BCUT2D eigenvalue weighted by Gasteiger charge is 2.13. The van der Waals surface area contributed by atoms with Crippen LogP contribution < -0.4 is 30.0 Å². The third kappa shape index (κ3) is 6.15. The number of nitrogen functional groups attached to an aromatic ring is 1. The highest BCUT2D eigenvalue weighted by atomic mass is 19.1. The lowest BCUT2D eigenvalue weighted by Gasteiger charge is -2.14. The van der Waals surface area contributed by atoms with E-state index < -0.39 is 5.82 Å². The summed E-state index contributed by atoms with van der Waals surface area (Å²) in [6.45, 7) is 2.32. The number of allylic oxidation sites excluding steroid dienone is 1. The number of carbonyl (C=O) groups excluding carboxylic acids is 1. The predicted molar refractivity (Wildman–Crippen MR) is 141 cm³/mol. The maximum absolute atomic E-state index is 14.5. The van der Waals surface area contributed by atoms with Crippen LogP contribution in [0.15, 0.2) is 60.8 Å². The summed E-state index contributed by atoms with van der Waals surface area (Å²) in [5.74, 6) is 0.793. The van der Waals surface area contributed by atoms with Gasteiger partial charge in [-0.1, -0.05) is 24.3 Å². The Kier molecular flexibility index (Phi) is 8.94. The summed E-state index contributed by atoms with van der Waals surface area (Å²) in [7, 11) is 4.46. The molecule has 0 bridgehead atoms. The Bertz CT molecular complexity index is 1290. The van der Waals surface area contributed by atoms with Crippen molar-refractivity contribution in [2.24, 2.45) is 0 Å². The number of para-hydroxylation sites is 1. The number of methoxy groups -OCH3 is 3. The minimum Gasteiger partial charge on any atom is -0.494 e. The Morgan fingerprint density at radius 1 is 0.972 bits per heavy atom. The first kappa shape index (κ1) is 26.2. The number of hydrogen-bond acceptors (Lipinski definition) is 7. The van der Waals surface area contributed by atoms with Gasteiger partial charge in [-0.25, -0.2) is 4.39 Å². The molecule has 7 nitrogen and oxygen atoms in total. The largest absolute Gasteiger partial charge is 0.494 e. The van der Waals surface area contributed by atoms with Gasteiger partial charge in [0.2, 0.25) is 5.75 Å². The van der Waals surface area contributed by atoms with Crippen molar-refractivity contribution in [2.75, 3.05) is 39.0 Å². The average molecular weight is 493 g/mol. The van der Waals surface area contributed by atoms with E-state index in [1.54, 1.807) is 62.8 Å². The molecule has 36 heavy (non-hydrogen) atoms. The van der Waals surface area contributed by atoms with E-state index in [4.69, 9.17) is 24.7 Å². The molecule has 0 fully saturated rings. The Morgan fingerprint density at radius 2 is 1.69 bits per heavy atom. The molecule has 0 atom stereocenters. The minimum atomic E-state index is -0.526. The average Bonchev–Trinajstić information content (AvgIpc) is 2.88. The lowest BCUT2D eigenvalue weighted by Crippen LogP contribution is -2.02. The highest BCUT2D eigenvalue weighted by molar-refractivity contribution is 6.08. The lowest BCUT2D eigenvalue weighted by molar-refractivity contribution is 0.104. The van der Waals surface area contributed by atoms with Gasteiger partial charge < -0.3 is 30.0 Å². The van der Waals surface area contributed by atoms with Gasteiger partial charge in [0.1, 0.15) is 0 Å². The van der Waals surface area contributed by atoms with Crippen molar-refractivity contribution in [1.82, 2.24) is 0 Å². The molecule has 0 spiro atoms. The first-order valence-corrected chi connectivity index (χ1v) is 11.2. The van der Waals surface area contributed by atoms with Gasteiger partial charge in [0, 0.05) is 40.8 Å². The van der Waals surface area contributed by atoms with Crippen LogP contribution in [0.3, 0.4) is 0 Å². The van der Waals surface area contributed by atoms with Crippen LogP contribution in [0.1, 0.15) is 28.4 Å². The number of halogens is 1. The van der Waals surface area contributed by atoms with Crippen LogP contribution in [0, 0.1) is 5.82 Å². The van der Waals surface area contributed by atoms with Crippen LogP contribution >= 0.6 is 0 Å². The Hall–Kier alpha value is -4.46. The molecule has 3 aromatic rings. The number of ketones is 1. The van der Waals surface area contributed by atoms with Gasteiger partial charge in [0.15, 0.2) is 28.8 Å². The zero-order chi connectivity index (χ0) is 26.1. The topological polar surface area (TPSA) is 92.0 Å². The summed E-state index contributed by atoms with van der Waals surface area (Å²) in [6.07, 6.45) is 6.35. The van der Waals surface area contributed by atoms with Crippen molar-refractivity contribution in [3.8, 4) is 23.0 Å². The lowest BCUT2D eigenvalue weighted by atomic mass is 10.1. The van der Waals surface area contributed by atoms with Gasteiger partial charge in [-0.2, -0.15) is 0 Å². The van der Waals surface area contributed by atoms with E-state index in [1.807, 2.05) is 6.92 Å². The Morgan fingerprint density at radius 3 is 2.36 bits per heavy atom. The standard InChI is InChI=1S/C28H29FN2O5/c1-5-36-27-15-18(14-26(34-3)28(27)35-4)10-11-19-16-21(29)25(33-2)17-23(19)31-13-12-24(32)20-8-6-7-9-22(20)30/h6-17,31H,5,30H2,1-4H3/b11-10-,13-12-. The first-order valence-electron chi connectivity index (χ1n) is 11.2. The van der Waals surface area contributed by atoms with Gasteiger partial charge in [-0.3, -0.25) is 4.79 Å². The number of nitrogens with one attached hydrogen (secondary N) is 1. The van der Waals surface area contributed by atoms with E-state index in [9.17, 15) is 9.18 Å². The van der Waals surface area contributed by atoms with Crippen molar-refractivity contribution in [3.63, 3.8) is 0 Å². The van der Waals surface area contributed by atoms with Crippen LogP contribution in [0.25, 0.3) is 12.2 Å². The molecule has 0 aliphatic rings. The number of benzene rings is 3. The van der Waals surface area contributed by atoms with E-state index in [0.717, 1.165) is 5.56 Å². The second kappa shape index (κ2) is 12.3. The van der Waals surface area contributed by atoms with Crippen LogP contribution in [0.4, 0.5) is 15.8 Å². The summed E-state index contributed by atoms with van der Waals surface area (Å²) in [5, 5.41) is 3.03. The molecular weight excluding hydrogens is 463 g/mol. The maximum Gasteiger partial charge on any atom is 0.203 e. The quantitative estimate of drug-likeness (QED) is 0.151. The molecule has 0 amide bonds. The number of hydrogen-bond donors (Lipinski definition) is 2. The van der Waals surface area contributed by atoms with Crippen molar-refractivity contribution >= 4 is 29.3 Å². The van der Waals surface area contributed by atoms with Gasteiger partial charge in [-0.05, 0) is 42.8 Å². The number of nitrogens with two attached hydrogens (primary N) is 1. The molecule has 0 heterocycles. The first-order chi connectivity index (χ1) is 17.4. The van der Waals surface area contributed by atoms with Gasteiger partial charge in [-0.15, -0.1) is 0 Å². The van der Waals surface area contributed by atoms with Crippen LogP contribution in [-0.4, -0.2) is 33.7 Å². The van der Waals surface area contributed by atoms with Crippen molar-refractivity contribution in [1.29, 1.82) is 0 Å². The van der Waals surface area contributed by atoms with Crippen LogP contribution in [0.5, 0.6) is 23.0 Å². The smallest absolute Gasteiger partial charge is 0.203 e. The van der Waals surface area contributed by atoms with Crippen molar-refractivity contribution in [2.45, 2.75) is 6.92 Å². The van der Waals surface area contributed by atoms with Gasteiger partial charge in [0.25, 0.3) is 0 Å². The molecule has 3 N–H and O–H groups in total. The fourth-order valence-electron chi connectivity index (χ4n) is 3.50. The molecule has 0 radical (unpaired) electrons. The Balaban J connectivity index is 1.92. The van der Waals surface area contributed by atoms with Gasteiger partial charge >= 0.3 is 0 Å². The maximum atomic E-state index is 14.5. The molecule has 8 heteroatoms. The van der Waals surface area contributed by atoms with E-state index in [2.05, 4.69) is 5.32 Å². The number of anilines is 2. The molecule has 0 aliphatic carbocycles. The van der Waals surface area contributed by atoms with E-state index in [1.165, 1.54) is 31.5 Å². The molecule has 3 aromatic carbocycles. The molecular formula is C28H29FN2O5. The molecule has 0 aliphatic heterocycles. The molecule has 188 valence electrons. The zero-order valence-corrected chi connectivity index (χ0v) is 20.6. The third-order valence-electron chi connectivity index (χ3n) is 5.25. The van der Waals surface area contributed by atoms with E-state index >= 15 is 0 Å². The van der Waals surface area contributed by atoms with Crippen LogP contribution in [-0.2, 0) is 0 Å². The van der Waals surface area contributed by atoms with Crippen molar-refractivity contribution in [3.05, 3.63) is 83.3 Å². The SMILES string of the molecule is CCOc1cc(/C=C\c2cc(F)c(OC)cc2N/C=C\C(=O)c2ccccc2N)cc(OC)c1OC. The number of ether oxygens (including phenoxy) is 4. The fraction of sp³-hybridized carbons (Fsp3) is 0.179. The summed E-state index contributed by atoms with van der Waals surface area (Å²) in [6, 6.07) is 13.2. The summed E-state index contributed by atoms with van der Waals surface area (Å²) >= 11 is 0. The molecule has 0 saturated carbocycles. The number of rotatable bonds is 11. The highest BCUT2D eigenvalue weighted by Crippen LogP contribution is 2.39. The monoisotopic (exact) mass is 492 g/mol. The molecule has 0 unspecified atom stereocenters. The molecule has 0 aromatic heterocycles. The van der Waals surface area contributed by atoms with Crippen molar-refractivity contribution < 1.29 is 28.1 Å². The number of carbonyl (C=O) groups is 1. The molecule has 3 rings (SSSR count). The summed E-state index contributed by atoms with van der Waals surface area (Å²) in [5.41, 5.74) is 8.47. The normalized spacial score (nSPS) is 11.0. The van der Waals surface area contributed by atoms with E-state index in [-0.39, 0.29) is 11.5 Å².